The zero-order valence-corrected chi connectivity index (χ0v) is 17.2. The smallest absolute Gasteiger partial charge is 0.264 e. The van der Waals surface area contributed by atoms with Gasteiger partial charge >= 0.3 is 0 Å². The fourth-order valence-electron chi connectivity index (χ4n) is 3.89. The van der Waals surface area contributed by atoms with Gasteiger partial charge in [-0.3, -0.25) is 14.4 Å². The lowest BCUT2D eigenvalue weighted by Gasteiger charge is -2.29. The number of aromatic hydroxyl groups is 1. The van der Waals surface area contributed by atoms with Gasteiger partial charge in [0.1, 0.15) is 11.3 Å². The van der Waals surface area contributed by atoms with E-state index in [1.165, 1.54) is 23.6 Å². The Morgan fingerprint density at radius 2 is 1.87 bits per heavy atom. The molecule has 2 heterocycles. The van der Waals surface area contributed by atoms with Crippen LogP contribution in [-0.2, 0) is 24.3 Å². The van der Waals surface area contributed by atoms with Crippen molar-refractivity contribution in [1.82, 2.24) is 9.47 Å². The molecular weight excluding hydrogens is 394 g/mol. The zero-order chi connectivity index (χ0) is 22.0. The average Bonchev–Trinajstić information content (AvgIpc) is 2.74. The molecule has 0 saturated heterocycles. The van der Waals surface area contributed by atoms with Gasteiger partial charge in [-0.25, -0.2) is 0 Å². The highest BCUT2D eigenvalue weighted by atomic mass is 16.3. The zero-order valence-electron chi connectivity index (χ0n) is 17.2. The third-order valence-electron chi connectivity index (χ3n) is 5.44. The van der Waals surface area contributed by atoms with Gasteiger partial charge in [0.15, 0.2) is 0 Å². The van der Waals surface area contributed by atoms with Gasteiger partial charge in [-0.1, -0.05) is 36.4 Å². The number of aromatic nitrogens is 1. The molecule has 1 aromatic heterocycles. The summed E-state index contributed by atoms with van der Waals surface area (Å²) < 4.78 is 1.52. The second-order valence-electron chi connectivity index (χ2n) is 7.62. The van der Waals surface area contributed by atoms with Crippen molar-refractivity contribution in [1.29, 1.82) is 0 Å². The Bertz CT molecular complexity index is 1200. The predicted molar refractivity (Wildman–Crippen MR) is 117 cm³/mol. The van der Waals surface area contributed by atoms with Crippen LogP contribution in [0, 0.1) is 0 Å². The van der Waals surface area contributed by atoms with E-state index in [-0.39, 0.29) is 22.8 Å². The van der Waals surface area contributed by atoms with Crippen LogP contribution in [0.1, 0.15) is 34.0 Å². The number of phenols is 1. The molecule has 0 atom stereocenters. The first-order valence-electron chi connectivity index (χ1n) is 10.1. The molecule has 4 rings (SSSR count). The Hall–Kier alpha value is -3.87. The van der Waals surface area contributed by atoms with Crippen LogP contribution in [0.2, 0.25) is 0 Å². The van der Waals surface area contributed by atoms with Gasteiger partial charge in [0.2, 0.25) is 5.91 Å². The summed E-state index contributed by atoms with van der Waals surface area (Å²) >= 11 is 0. The molecule has 0 unspecified atom stereocenters. The van der Waals surface area contributed by atoms with E-state index in [1.54, 1.807) is 23.2 Å². The number of pyridine rings is 1. The first kappa shape index (κ1) is 20.4. The lowest BCUT2D eigenvalue weighted by atomic mass is 9.95. The lowest BCUT2D eigenvalue weighted by molar-refractivity contribution is -0.129. The van der Waals surface area contributed by atoms with E-state index < -0.39 is 5.91 Å². The molecule has 0 fully saturated rings. The van der Waals surface area contributed by atoms with Gasteiger partial charge in [0.05, 0.1) is 6.54 Å². The van der Waals surface area contributed by atoms with E-state index >= 15 is 0 Å². The second-order valence-corrected chi connectivity index (χ2v) is 7.62. The van der Waals surface area contributed by atoms with Crippen LogP contribution >= 0.6 is 0 Å². The highest BCUT2D eigenvalue weighted by Gasteiger charge is 2.27. The molecule has 0 aliphatic carbocycles. The third-order valence-corrected chi connectivity index (χ3v) is 5.44. The van der Waals surface area contributed by atoms with Crippen molar-refractivity contribution in [2.45, 2.75) is 26.4 Å². The van der Waals surface area contributed by atoms with Crippen LogP contribution in [0.15, 0.2) is 65.6 Å². The van der Waals surface area contributed by atoms with Crippen molar-refractivity contribution in [2.24, 2.45) is 0 Å². The van der Waals surface area contributed by atoms with E-state index in [0.29, 0.717) is 37.3 Å². The number of nitrogens with one attached hydrogen (secondary N) is 1. The summed E-state index contributed by atoms with van der Waals surface area (Å²) in [5.41, 5.74) is 2.50. The number of hydrogen-bond acceptors (Lipinski definition) is 4. The number of carbonyl (C=O) groups is 2. The van der Waals surface area contributed by atoms with Crippen LogP contribution in [0.3, 0.4) is 0 Å². The normalized spacial score (nSPS) is 12.9. The quantitative estimate of drug-likeness (QED) is 0.683. The van der Waals surface area contributed by atoms with Crippen LogP contribution in [0.25, 0.3) is 0 Å². The Balaban J connectivity index is 1.77. The number of phenolic OH excluding ortho intramolecular Hbond substituents is 1. The molecule has 2 amide bonds. The van der Waals surface area contributed by atoms with Crippen LogP contribution in [-0.4, -0.2) is 32.9 Å². The molecule has 7 heteroatoms. The molecule has 2 N–H and O–H groups in total. The maximum absolute atomic E-state index is 13.3. The first-order chi connectivity index (χ1) is 14.9. The number of fused-ring (bicyclic) bond motifs is 1. The van der Waals surface area contributed by atoms with Gasteiger partial charge in [-0.15, -0.1) is 0 Å². The fourth-order valence-corrected chi connectivity index (χ4v) is 3.89. The number of rotatable bonds is 4. The number of benzene rings is 2. The van der Waals surface area contributed by atoms with E-state index in [2.05, 4.69) is 5.32 Å². The summed E-state index contributed by atoms with van der Waals surface area (Å²) in [5, 5.41) is 12.4. The first-order valence-corrected chi connectivity index (χ1v) is 10.1. The summed E-state index contributed by atoms with van der Waals surface area (Å²) in [6.07, 6.45) is 2.18. The molecule has 1 aliphatic heterocycles. The highest BCUT2D eigenvalue weighted by molar-refractivity contribution is 6.05. The van der Waals surface area contributed by atoms with E-state index in [9.17, 15) is 19.5 Å². The summed E-state index contributed by atoms with van der Waals surface area (Å²) in [7, 11) is 0. The van der Waals surface area contributed by atoms with Crippen molar-refractivity contribution in [3.8, 4) is 5.75 Å². The number of amides is 2. The molecule has 7 nitrogen and oxygen atoms in total. The lowest BCUT2D eigenvalue weighted by Crippen LogP contribution is -2.39. The Morgan fingerprint density at radius 1 is 1.10 bits per heavy atom. The third kappa shape index (κ3) is 4.35. The topological polar surface area (TPSA) is 91.6 Å². The van der Waals surface area contributed by atoms with Crippen molar-refractivity contribution in [3.05, 3.63) is 93.4 Å². The summed E-state index contributed by atoms with van der Waals surface area (Å²) in [4.78, 5) is 40.1. The van der Waals surface area contributed by atoms with Gasteiger partial charge in [-0.2, -0.15) is 0 Å². The molecule has 1 aliphatic rings. The summed E-state index contributed by atoms with van der Waals surface area (Å²) in [5.74, 6) is -0.547. The molecule has 0 bridgehead atoms. The molecule has 0 spiro atoms. The van der Waals surface area contributed by atoms with Gasteiger partial charge < -0.3 is 19.9 Å². The molecule has 158 valence electrons. The molecule has 31 heavy (non-hydrogen) atoms. The maximum atomic E-state index is 13.3. The standard InChI is InChI=1S/C24H23N3O4/c1-16(28)26-11-10-21-18(14-26)15-27(13-17-6-3-2-4-7-17)24(31)22(21)23(30)25-19-8-5-9-20(29)12-19/h2-9,12,15,29H,10-11,13-14H2,1H3,(H,25,30). The van der Waals surface area contributed by atoms with Gasteiger partial charge in [0.25, 0.3) is 11.5 Å². The Kier molecular flexibility index (Phi) is 5.58. The largest absolute Gasteiger partial charge is 0.508 e. The van der Waals surface area contributed by atoms with Crippen molar-refractivity contribution < 1.29 is 14.7 Å². The van der Waals surface area contributed by atoms with E-state index in [1.807, 2.05) is 30.3 Å². The highest BCUT2D eigenvalue weighted by Crippen LogP contribution is 2.23. The van der Waals surface area contributed by atoms with Crippen LogP contribution in [0.5, 0.6) is 5.75 Å². The van der Waals surface area contributed by atoms with Crippen LogP contribution < -0.4 is 10.9 Å². The van der Waals surface area contributed by atoms with Crippen molar-refractivity contribution in [3.63, 3.8) is 0 Å². The molecular formula is C24H23N3O4. The summed E-state index contributed by atoms with van der Waals surface area (Å²) in [6, 6.07) is 15.7. The minimum absolute atomic E-state index is 0.0199. The van der Waals surface area contributed by atoms with Crippen molar-refractivity contribution in [2.75, 3.05) is 11.9 Å². The second kappa shape index (κ2) is 8.47. The average molecular weight is 417 g/mol. The van der Waals surface area contributed by atoms with E-state index in [0.717, 1.165) is 11.1 Å². The number of carbonyl (C=O) groups excluding carboxylic acids is 2. The van der Waals surface area contributed by atoms with E-state index in [4.69, 9.17) is 0 Å². The maximum Gasteiger partial charge on any atom is 0.264 e. The number of anilines is 1. The van der Waals surface area contributed by atoms with Gasteiger partial charge in [-0.05, 0) is 35.2 Å². The predicted octanol–water partition coefficient (Wildman–Crippen LogP) is 2.76. The Labute approximate surface area is 179 Å². The van der Waals surface area contributed by atoms with Gasteiger partial charge in [0, 0.05) is 38.0 Å². The number of nitrogens with zero attached hydrogens (tertiary/aromatic N) is 2. The Morgan fingerprint density at radius 3 is 2.58 bits per heavy atom. The minimum atomic E-state index is -0.523. The summed E-state index contributed by atoms with van der Waals surface area (Å²) in [6.45, 7) is 2.64. The SMILES string of the molecule is CC(=O)N1CCc2c(cn(Cc3ccccc3)c(=O)c2C(=O)Nc2cccc(O)c2)C1. The molecule has 3 aromatic rings. The minimum Gasteiger partial charge on any atom is -0.508 e. The number of hydrogen-bond donors (Lipinski definition) is 2. The molecule has 2 aromatic carbocycles. The monoisotopic (exact) mass is 417 g/mol. The van der Waals surface area contributed by atoms with Crippen LogP contribution in [0.4, 0.5) is 5.69 Å². The van der Waals surface area contributed by atoms with Crippen molar-refractivity contribution >= 4 is 17.5 Å². The fraction of sp³-hybridized carbons (Fsp3) is 0.208. The molecule has 0 radical (unpaired) electrons. The molecule has 0 saturated carbocycles.